The van der Waals surface area contributed by atoms with Crippen LogP contribution in [-0.4, -0.2) is 47.7 Å². The predicted octanol–water partition coefficient (Wildman–Crippen LogP) is 0.811. The van der Waals surface area contributed by atoms with Crippen molar-refractivity contribution in [2.45, 2.75) is 12.6 Å². The van der Waals surface area contributed by atoms with Gasteiger partial charge in [-0.1, -0.05) is 0 Å². The highest BCUT2D eigenvalue weighted by Crippen LogP contribution is 2.29. The minimum absolute atomic E-state index is 0.0868. The number of hydrogen-bond donors (Lipinski definition) is 0. The van der Waals surface area contributed by atoms with E-state index in [9.17, 15) is 32.9 Å². The third kappa shape index (κ3) is 3.57. The van der Waals surface area contributed by atoms with Gasteiger partial charge in [0.1, 0.15) is 12.5 Å². The van der Waals surface area contributed by atoms with Crippen LogP contribution in [0.1, 0.15) is 6.42 Å². The standard InChI is InChI=1S/C8H9F3N2O5/c9-8(10,11)5(4-13(16)17)3-6(14)12-1-2-18-7(12)15/h5H,1-4H2/t5-/m1/s1. The SMILES string of the molecule is O=C(C[C@H](C[N+](=O)[O-])C(F)(F)F)N1CCOC1=O. The third-order valence-corrected chi connectivity index (χ3v) is 2.32. The van der Waals surface area contributed by atoms with Gasteiger partial charge in [0.15, 0.2) is 0 Å². The Labute approximate surface area is 98.6 Å². The molecule has 10 heteroatoms. The Kier molecular flexibility index (Phi) is 4.09. The van der Waals surface area contributed by atoms with Gasteiger partial charge < -0.3 is 4.74 Å². The summed E-state index contributed by atoms with van der Waals surface area (Å²) >= 11 is 0. The van der Waals surface area contributed by atoms with E-state index in [0.717, 1.165) is 0 Å². The molecule has 0 bridgehead atoms. The van der Waals surface area contributed by atoms with E-state index in [1.165, 1.54) is 0 Å². The molecule has 1 aliphatic heterocycles. The Balaban J connectivity index is 2.68. The van der Waals surface area contributed by atoms with E-state index in [1.807, 2.05) is 0 Å². The molecule has 0 aromatic heterocycles. The first-order chi connectivity index (χ1) is 8.21. The monoisotopic (exact) mass is 270 g/mol. The van der Waals surface area contributed by atoms with Crippen LogP contribution in [0.4, 0.5) is 18.0 Å². The molecule has 7 nitrogen and oxygen atoms in total. The molecule has 2 amide bonds. The molecular weight excluding hydrogens is 261 g/mol. The van der Waals surface area contributed by atoms with Gasteiger partial charge in [0.25, 0.3) is 0 Å². The zero-order valence-electron chi connectivity index (χ0n) is 8.98. The molecular formula is C8H9F3N2O5. The van der Waals surface area contributed by atoms with Gasteiger partial charge in [0.05, 0.1) is 6.54 Å². The van der Waals surface area contributed by atoms with Crippen LogP contribution >= 0.6 is 0 Å². The molecule has 0 spiro atoms. The van der Waals surface area contributed by atoms with Gasteiger partial charge in [-0.15, -0.1) is 0 Å². The van der Waals surface area contributed by atoms with Gasteiger partial charge in [-0.2, -0.15) is 13.2 Å². The second kappa shape index (κ2) is 5.19. The lowest BCUT2D eigenvalue weighted by atomic mass is 10.0. The first-order valence-electron chi connectivity index (χ1n) is 4.87. The number of carbonyl (C=O) groups is 2. The molecule has 18 heavy (non-hydrogen) atoms. The van der Waals surface area contributed by atoms with Crippen LogP contribution < -0.4 is 0 Å². The Bertz CT molecular complexity index is 370. The van der Waals surface area contributed by atoms with Crippen LogP contribution in [0.15, 0.2) is 0 Å². The van der Waals surface area contributed by atoms with Crippen LogP contribution in [0.3, 0.4) is 0 Å². The molecule has 1 rings (SSSR count). The molecule has 1 fully saturated rings. The van der Waals surface area contributed by atoms with E-state index in [4.69, 9.17) is 0 Å². The Morgan fingerprint density at radius 1 is 1.56 bits per heavy atom. The summed E-state index contributed by atoms with van der Waals surface area (Å²) < 4.78 is 41.7. The predicted molar refractivity (Wildman–Crippen MR) is 49.1 cm³/mol. The van der Waals surface area contributed by atoms with Crippen molar-refractivity contribution in [3.63, 3.8) is 0 Å². The summed E-state index contributed by atoms with van der Waals surface area (Å²) in [6.45, 7) is -1.63. The summed E-state index contributed by atoms with van der Waals surface area (Å²) in [4.78, 5) is 31.8. The first kappa shape index (κ1) is 14.2. The highest BCUT2D eigenvalue weighted by Gasteiger charge is 2.45. The maximum Gasteiger partial charge on any atom is 0.416 e. The lowest BCUT2D eigenvalue weighted by Gasteiger charge is -2.18. The van der Waals surface area contributed by atoms with Gasteiger partial charge in [0, 0.05) is 11.3 Å². The zero-order chi connectivity index (χ0) is 13.9. The van der Waals surface area contributed by atoms with Crippen molar-refractivity contribution in [2.75, 3.05) is 19.7 Å². The van der Waals surface area contributed by atoms with E-state index in [-0.39, 0.29) is 13.2 Å². The number of cyclic esters (lactones) is 1. The van der Waals surface area contributed by atoms with Gasteiger partial charge in [-0.25, -0.2) is 9.69 Å². The van der Waals surface area contributed by atoms with Crippen molar-refractivity contribution < 1.29 is 32.4 Å². The molecule has 1 atom stereocenters. The zero-order valence-corrected chi connectivity index (χ0v) is 8.98. The van der Waals surface area contributed by atoms with Crippen molar-refractivity contribution in [1.82, 2.24) is 4.90 Å². The molecule has 1 saturated heterocycles. The summed E-state index contributed by atoms with van der Waals surface area (Å²) in [7, 11) is 0. The maximum absolute atomic E-state index is 12.4. The second-order valence-electron chi connectivity index (χ2n) is 3.62. The van der Waals surface area contributed by atoms with Crippen LogP contribution in [-0.2, 0) is 9.53 Å². The number of nitro groups is 1. The molecule has 1 heterocycles. The van der Waals surface area contributed by atoms with Gasteiger partial charge >= 0.3 is 12.3 Å². The number of nitrogens with zero attached hydrogens (tertiary/aromatic N) is 2. The Morgan fingerprint density at radius 2 is 2.17 bits per heavy atom. The topological polar surface area (TPSA) is 89.8 Å². The number of ether oxygens (including phenoxy) is 1. The van der Waals surface area contributed by atoms with Crippen molar-refractivity contribution in [2.24, 2.45) is 5.92 Å². The number of rotatable bonds is 4. The molecule has 0 saturated carbocycles. The van der Waals surface area contributed by atoms with E-state index in [1.54, 1.807) is 0 Å². The molecule has 0 unspecified atom stereocenters. The largest absolute Gasteiger partial charge is 0.447 e. The fourth-order valence-electron chi connectivity index (χ4n) is 1.40. The van der Waals surface area contributed by atoms with Crippen molar-refractivity contribution in [1.29, 1.82) is 0 Å². The van der Waals surface area contributed by atoms with Gasteiger partial charge in [-0.05, 0) is 0 Å². The van der Waals surface area contributed by atoms with Crippen molar-refractivity contribution in [3.8, 4) is 0 Å². The summed E-state index contributed by atoms with van der Waals surface area (Å²) in [6, 6.07) is 0. The Morgan fingerprint density at radius 3 is 2.56 bits per heavy atom. The highest BCUT2D eigenvalue weighted by atomic mass is 19.4. The molecule has 0 aromatic carbocycles. The summed E-state index contributed by atoms with van der Waals surface area (Å²) in [5.74, 6) is -3.53. The van der Waals surface area contributed by atoms with Crippen LogP contribution in [0.25, 0.3) is 0 Å². The van der Waals surface area contributed by atoms with Crippen LogP contribution in [0, 0.1) is 16.0 Å². The van der Waals surface area contributed by atoms with Crippen LogP contribution in [0.2, 0.25) is 0 Å². The smallest absolute Gasteiger partial charge is 0.416 e. The van der Waals surface area contributed by atoms with E-state index in [2.05, 4.69) is 4.74 Å². The number of halogens is 3. The van der Waals surface area contributed by atoms with Crippen molar-refractivity contribution >= 4 is 12.0 Å². The maximum atomic E-state index is 12.4. The second-order valence-corrected chi connectivity index (χ2v) is 3.62. The number of hydrogen-bond acceptors (Lipinski definition) is 5. The van der Waals surface area contributed by atoms with Crippen molar-refractivity contribution in [3.05, 3.63) is 10.1 Å². The number of imide groups is 1. The molecule has 0 N–H and O–H groups in total. The molecule has 0 aliphatic carbocycles. The molecule has 1 aliphatic rings. The number of alkyl halides is 3. The average molecular weight is 270 g/mol. The number of amides is 2. The summed E-state index contributed by atoms with van der Waals surface area (Å²) in [5, 5.41) is 10.1. The minimum atomic E-state index is -4.87. The first-order valence-corrected chi connectivity index (χ1v) is 4.87. The third-order valence-electron chi connectivity index (χ3n) is 2.32. The summed E-state index contributed by atoms with van der Waals surface area (Å²) in [6.07, 6.45) is -7.03. The van der Waals surface area contributed by atoms with Gasteiger partial charge in [-0.3, -0.25) is 14.9 Å². The van der Waals surface area contributed by atoms with E-state index in [0.29, 0.717) is 4.90 Å². The molecule has 0 radical (unpaired) electrons. The Hall–Kier alpha value is -1.87. The molecule has 102 valence electrons. The van der Waals surface area contributed by atoms with E-state index < -0.39 is 42.0 Å². The lowest BCUT2D eigenvalue weighted by Crippen LogP contribution is -2.38. The fraction of sp³-hybridized carbons (Fsp3) is 0.750. The van der Waals surface area contributed by atoms with E-state index >= 15 is 0 Å². The van der Waals surface area contributed by atoms with Gasteiger partial charge in [0.2, 0.25) is 12.5 Å². The quantitative estimate of drug-likeness (QED) is 0.557. The van der Waals surface area contributed by atoms with Crippen LogP contribution in [0.5, 0.6) is 0 Å². The minimum Gasteiger partial charge on any atom is -0.447 e. The molecule has 0 aromatic rings. The normalized spacial score (nSPS) is 17.5. The lowest BCUT2D eigenvalue weighted by molar-refractivity contribution is -0.497. The number of carbonyl (C=O) groups excluding carboxylic acids is 2. The average Bonchev–Trinajstić information content (AvgIpc) is 2.61. The fourth-order valence-corrected chi connectivity index (χ4v) is 1.40. The summed E-state index contributed by atoms with van der Waals surface area (Å²) in [5.41, 5.74) is 0. The highest BCUT2D eigenvalue weighted by molar-refractivity contribution is 5.93.